The van der Waals surface area contributed by atoms with Gasteiger partial charge in [-0.2, -0.15) is 0 Å². The minimum atomic E-state index is -0.407. The molecular weight excluding hydrogens is 397 g/mol. The number of carbonyl (C=O) groups excluding carboxylic acids is 1. The normalized spacial score (nSPS) is 10.5. The molecule has 1 aromatic carbocycles. The largest absolute Gasteiger partial charge is 0.448 e. The van der Waals surface area contributed by atoms with Crippen LogP contribution in [0.5, 0.6) is 0 Å². The number of aryl methyl sites for hydroxylation is 2. The molecule has 0 unspecified atom stereocenters. The zero-order chi connectivity index (χ0) is 22.2. The van der Waals surface area contributed by atoms with Crippen LogP contribution >= 0.6 is 0 Å². The van der Waals surface area contributed by atoms with Crippen LogP contribution in [0.25, 0.3) is 11.0 Å². The molecule has 0 aliphatic rings. The van der Waals surface area contributed by atoms with Gasteiger partial charge in [-0.15, -0.1) is 0 Å². The first-order valence-corrected chi connectivity index (χ1v) is 10.3. The van der Waals surface area contributed by atoms with Crippen LogP contribution in [0.15, 0.2) is 59.8 Å². The Morgan fingerprint density at radius 2 is 2.06 bits per heavy atom. The summed E-state index contributed by atoms with van der Waals surface area (Å²) in [6.07, 6.45) is 9.21. The van der Waals surface area contributed by atoms with Crippen LogP contribution in [-0.2, 0) is 6.54 Å². The fourth-order valence-corrected chi connectivity index (χ4v) is 3.04. The van der Waals surface area contributed by atoms with Crippen molar-refractivity contribution in [3.8, 4) is 0 Å². The number of imidazole rings is 1. The molecule has 4 rings (SSSR count). The summed E-state index contributed by atoms with van der Waals surface area (Å²) in [7, 11) is 0. The van der Waals surface area contributed by atoms with E-state index in [0.29, 0.717) is 23.2 Å². The molecule has 166 valence electrons. The van der Waals surface area contributed by atoms with Gasteiger partial charge in [0.15, 0.2) is 0 Å². The number of fused-ring (bicyclic) bond motifs is 1. The molecule has 0 saturated carbocycles. The van der Waals surface area contributed by atoms with Crippen molar-refractivity contribution < 1.29 is 16.5 Å². The number of benzene rings is 1. The summed E-state index contributed by atoms with van der Waals surface area (Å²) in [5.41, 5.74) is 1.96. The molecule has 0 fully saturated rings. The Morgan fingerprint density at radius 3 is 2.81 bits per heavy atom. The number of rotatable bonds is 7. The number of nitrogens with one attached hydrogen (secondary N) is 2. The van der Waals surface area contributed by atoms with Gasteiger partial charge in [-0.3, -0.25) is 9.78 Å². The molecule has 0 radical (unpaired) electrons. The minimum absolute atomic E-state index is 0. The van der Waals surface area contributed by atoms with Gasteiger partial charge in [-0.05, 0) is 37.1 Å². The van der Waals surface area contributed by atoms with Crippen LogP contribution in [0.1, 0.15) is 39.2 Å². The van der Waals surface area contributed by atoms with Gasteiger partial charge >= 0.3 is 0 Å². The number of nitrogens with zero attached hydrogens (tertiary/aromatic N) is 3. The first-order chi connectivity index (χ1) is 15.1. The summed E-state index contributed by atoms with van der Waals surface area (Å²) in [5.74, 6) is -0.688. The number of hydrogen-bond acceptors (Lipinski definition) is 5. The van der Waals surface area contributed by atoms with Crippen LogP contribution < -0.4 is 10.6 Å². The highest BCUT2D eigenvalue weighted by Crippen LogP contribution is 2.33. The van der Waals surface area contributed by atoms with Crippen molar-refractivity contribution in [1.82, 2.24) is 19.9 Å². The molecular formula is C23H30FN5O2. The number of halogens is 1. The van der Waals surface area contributed by atoms with E-state index >= 15 is 0 Å². The van der Waals surface area contributed by atoms with Gasteiger partial charge in [-0.1, -0.05) is 19.9 Å². The van der Waals surface area contributed by atoms with E-state index in [9.17, 15) is 9.18 Å². The average Bonchev–Trinajstić information content (AvgIpc) is 3.43. The Balaban J connectivity index is 0.00000133. The number of aromatic nitrogens is 3. The zero-order valence-electron chi connectivity index (χ0n) is 17.9. The van der Waals surface area contributed by atoms with Crippen LogP contribution in [-0.4, -0.2) is 27.0 Å². The van der Waals surface area contributed by atoms with Crippen molar-refractivity contribution in [2.24, 2.45) is 0 Å². The van der Waals surface area contributed by atoms with E-state index in [0.717, 1.165) is 18.5 Å². The van der Waals surface area contributed by atoms with Crippen LogP contribution in [0.3, 0.4) is 0 Å². The number of amides is 1. The summed E-state index contributed by atoms with van der Waals surface area (Å²) >= 11 is 0. The molecule has 31 heavy (non-hydrogen) atoms. The maximum absolute atomic E-state index is 14.3. The Labute approximate surface area is 183 Å². The molecule has 3 aromatic heterocycles. The highest BCUT2D eigenvalue weighted by Gasteiger charge is 2.21. The Kier molecular flexibility index (Phi) is 7.37. The molecule has 0 saturated heterocycles. The van der Waals surface area contributed by atoms with E-state index in [-0.39, 0.29) is 20.2 Å². The predicted octanol–water partition coefficient (Wildman–Crippen LogP) is 5.55. The van der Waals surface area contributed by atoms with Gasteiger partial charge in [0.2, 0.25) is 5.76 Å². The topological polar surface area (TPSA) is 85.0 Å². The Bertz CT molecular complexity index is 1150. The van der Waals surface area contributed by atoms with Crippen molar-refractivity contribution in [2.45, 2.75) is 33.7 Å². The van der Waals surface area contributed by atoms with Crippen molar-refractivity contribution in [3.63, 3.8) is 0 Å². The number of hydrogen-bond donors (Lipinski definition) is 2. The molecule has 0 spiro atoms. The van der Waals surface area contributed by atoms with Crippen molar-refractivity contribution >= 4 is 28.3 Å². The second kappa shape index (κ2) is 10.4. The lowest BCUT2D eigenvalue weighted by Crippen LogP contribution is -2.25. The monoisotopic (exact) mass is 427 g/mol. The van der Waals surface area contributed by atoms with Crippen molar-refractivity contribution in [3.05, 3.63) is 72.5 Å². The molecule has 3 heterocycles. The molecule has 0 bridgehead atoms. The average molecular weight is 428 g/mol. The molecule has 8 heteroatoms. The first kappa shape index (κ1) is 22.0. The first-order valence-electron chi connectivity index (χ1n) is 10.3. The smallest absolute Gasteiger partial charge is 0.289 e. The third-order valence-electron chi connectivity index (χ3n) is 4.52. The number of anilines is 2. The number of pyridine rings is 1. The van der Waals surface area contributed by atoms with Crippen LogP contribution in [0.2, 0.25) is 0 Å². The molecule has 2 N–H and O–H groups in total. The van der Waals surface area contributed by atoms with Crippen molar-refractivity contribution in [1.29, 1.82) is 0 Å². The lowest BCUT2D eigenvalue weighted by atomic mass is 10.2. The summed E-state index contributed by atoms with van der Waals surface area (Å²) in [4.78, 5) is 20.8. The van der Waals surface area contributed by atoms with E-state index in [2.05, 4.69) is 20.6 Å². The predicted molar refractivity (Wildman–Crippen MR) is 123 cm³/mol. The Morgan fingerprint density at radius 1 is 1.23 bits per heavy atom. The molecule has 4 aromatic rings. The van der Waals surface area contributed by atoms with Gasteiger partial charge in [0, 0.05) is 40.7 Å². The molecule has 0 aliphatic heterocycles. The second-order valence-corrected chi connectivity index (χ2v) is 6.70. The van der Waals surface area contributed by atoms with Crippen molar-refractivity contribution in [2.75, 3.05) is 11.9 Å². The second-order valence-electron chi connectivity index (χ2n) is 6.70. The highest BCUT2D eigenvalue weighted by molar-refractivity contribution is 6.07. The molecule has 0 atom stereocenters. The van der Waals surface area contributed by atoms with Gasteiger partial charge in [0.1, 0.15) is 17.1 Å². The Hall–Kier alpha value is -3.68. The summed E-state index contributed by atoms with van der Waals surface area (Å²) < 4.78 is 22.0. The zero-order valence-corrected chi connectivity index (χ0v) is 17.9. The van der Waals surface area contributed by atoms with E-state index in [1.807, 2.05) is 31.5 Å². The SMILES string of the molecule is CC.Cc1ccc(Nc2c(C(=O)NCCCn3ccnc3)oc3ccncc23)c(F)c1.[HH].[HH]. The molecule has 0 aliphatic carbocycles. The van der Waals surface area contributed by atoms with E-state index in [1.165, 1.54) is 6.07 Å². The molecule has 7 nitrogen and oxygen atoms in total. The summed E-state index contributed by atoms with van der Waals surface area (Å²) in [6.45, 7) is 7.02. The van der Waals surface area contributed by atoms with E-state index in [1.54, 1.807) is 43.1 Å². The standard InChI is InChI=1S/C21H20FN5O2.C2H6.2H2/c1-14-3-4-17(16(22)11-14)26-19-15-12-23-7-5-18(15)29-20(19)21(28)25-6-2-9-27-10-8-24-13-27;1-2;;/h3-5,7-8,10-13,26H,2,6,9H2,1H3,(H,25,28);1-2H3;2*1H. The van der Waals surface area contributed by atoms with Gasteiger partial charge < -0.3 is 19.6 Å². The van der Waals surface area contributed by atoms with Gasteiger partial charge in [-0.25, -0.2) is 9.37 Å². The minimum Gasteiger partial charge on any atom is -0.448 e. The lowest BCUT2D eigenvalue weighted by molar-refractivity contribution is 0.0928. The number of carbonyl (C=O) groups is 1. The highest BCUT2D eigenvalue weighted by atomic mass is 19.1. The summed E-state index contributed by atoms with van der Waals surface area (Å²) in [6, 6.07) is 6.52. The van der Waals surface area contributed by atoms with E-state index in [4.69, 9.17) is 4.42 Å². The van der Waals surface area contributed by atoms with Crippen LogP contribution in [0, 0.1) is 12.7 Å². The third-order valence-corrected chi connectivity index (χ3v) is 4.52. The van der Waals surface area contributed by atoms with Gasteiger partial charge in [0.05, 0.1) is 17.4 Å². The summed E-state index contributed by atoms with van der Waals surface area (Å²) in [5, 5.41) is 6.46. The van der Waals surface area contributed by atoms with Gasteiger partial charge in [0.25, 0.3) is 5.91 Å². The third kappa shape index (κ3) is 5.28. The maximum Gasteiger partial charge on any atom is 0.289 e. The maximum atomic E-state index is 14.3. The fourth-order valence-electron chi connectivity index (χ4n) is 3.04. The fraction of sp³-hybridized carbons (Fsp3) is 0.261. The number of furan rings is 1. The molecule has 1 amide bonds. The van der Waals surface area contributed by atoms with Crippen LogP contribution in [0.4, 0.5) is 15.8 Å². The quantitative estimate of drug-likeness (QED) is 0.378. The lowest BCUT2D eigenvalue weighted by Gasteiger charge is -2.09. The van der Waals surface area contributed by atoms with E-state index < -0.39 is 5.82 Å².